The van der Waals surface area contributed by atoms with Gasteiger partial charge in [0.05, 0.1) is 18.4 Å². The Kier molecular flexibility index (Phi) is 5.30. The van der Waals surface area contributed by atoms with Gasteiger partial charge in [-0.2, -0.15) is 0 Å². The van der Waals surface area contributed by atoms with Crippen molar-refractivity contribution in [3.8, 4) is 0 Å². The normalized spacial score (nSPS) is 13.0. The van der Waals surface area contributed by atoms with Gasteiger partial charge in [-0.3, -0.25) is 9.59 Å². The molecule has 22 heavy (non-hydrogen) atoms. The predicted molar refractivity (Wildman–Crippen MR) is 66.3 cm³/mol. The second-order valence-electron chi connectivity index (χ2n) is 4.36. The second-order valence-corrected chi connectivity index (χ2v) is 4.36. The minimum Gasteiger partial charge on any atom is -0.481 e. The van der Waals surface area contributed by atoms with E-state index in [0.29, 0.717) is 0 Å². The van der Waals surface area contributed by atoms with Gasteiger partial charge in [-0.25, -0.2) is 14.0 Å². The van der Waals surface area contributed by atoms with Gasteiger partial charge in [-0.1, -0.05) is 6.07 Å². The van der Waals surface area contributed by atoms with Crippen LogP contribution in [0.2, 0.25) is 0 Å². The maximum atomic E-state index is 12.9. The van der Waals surface area contributed by atoms with Gasteiger partial charge in [-0.05, 0) is 18.2 Å². The topological polar surface area (TPSA) is 138 Å². The monoisotopic (exact) mass is 314 g/mol. The summed E-state index contributed by atoms with van der Waals surface area (Å²) in [5.74, 6) is -7.08. The Labute approximate surface area is 122 Å². The van der Waals surface area contributed by atoms with Crippen LogP contribution in [0.15, 0.2) is 24.3 Å². The molecule has 0 amide bonds. The number of carboxylic acids is 2. The molecule has 0 heterocycles. The van der Waals surface area contributed by atoms with E-state index in [0.717, 1.165) is 18.2 Å². The Morgan fingerprint density at radius 2 is 1.77 bits per heavy atom. The van der Waals surface area contributed by atoms with E-state index in [4.69, 9.17) is 10.2 Å². The number of ether oxygens (including phenoxy) is 1. The van der Waals surface area contributed by atoms with E-state index < -0.39 is 48.1 Å². The largest absolute Gasteiger partial charge is 0.481 e. The van der Waals surface area contributed by atoms with Crippen molar-refractivity contribution in [3.63, 3.8) is 0 Å². The summed E-state index contributed by atoms with van der Waals surface area (Å²) >= 11 is 0. The fourth-order valence-corrected chi connectivity index (χ4v) is 1.52. The lowest BCUT2D eigenvalue weighted by molar-refractivity contribution is -0.170. The summed E-state index contributed by atoms with van der Waals surface area (Å²) < 4.78 is 17.2. The molecule has 0 spiro atoms. The zero-order chi connectivity index (χ0) is 16.9. The quantitative estimate of drug-likeness (QED) is 0.499. The van der Waals surface area contributed by atoms with Gasteiger partial charge in [-0.15, -0.1) is 0 Å². The molecule has 0 aliphatic heterocycles. The second kappa shape index (κ2) is 6.76. The Bertz CT molecular complexity index is 626. The summed E-state index contributed by atoms with van der Waals surface area (Å²) in [6.07, 6.45) is -2.51. The van der Waals surface area contributed by atoms with Crippen molar-refractivity contribution in [3.05, 3.63) is 35.6 Å². The standard InChI is InChI=1S/C13H11FO8/c14-8-3-1-2-7(4-8)11(18)22-10(17)6-13(21,12(19)20)5-9(15)16/h1-4,21H,5-6H2,(H,15,16)(H,19,20). The third-order valence-corrected chi connectivity index (χ3v) is 2.55. The van der Waals surface area contributed by atoms with E-state index in [9.17, 15) is 28.7 Å². The van der Waals surface area contributed by atoms with Crippen molar-refractivity contribution in [1.82, 2.24) is 0 Å². The third-order valence-electron chi connectivity index (χ3n) is 2.55. The minimum atomic E-state index is -2.91. The van der Waals surface area contributed by atoms with Gasteiger partial charge in [0.1, 0.15) is 5.82 Å². The van der Waals surface area contributed by atoms with Crippen molar-refractivity contribution >= 4 is 23.9 Å². The first-order chi connectivity index (χ1) is 10.1. The molecule has 118 valence electrons. The highest BCUT2D eigenvalue weighted by atomic mass is 19.1. The first-order valence-corrected chi connectivity index (χ1v) is 5.82. The molecule has 1 atom stereocenters. The number of rotatable bonds is 6. The molecule has 1 rings (SSSR count). The first kappa shape index (κ1) is 17.2. The number of aliphatic hydroxyl groups is 1. The van der Waals surface area contributed by atoms with Crippen LogP contribution in [0.4, 0.5) is 4.39 Å². The number of benzene rings is 1. The molecule has 0 fully saturated rings. The van der Waals surface area contributed by atoms with Crippen molar-refractivity contribution < 1.29 is 43.6 Å². The van der Waals surface area contributed by atoms with Crippen LogP contribution in [-0.2, 0) is 19.1 Å². The zero-order valence-corrected chi connectivity index (χ0v) is 11.0. The van der Waals surface area contributed by atoms with Crippen LogP contribution >= 0.6 is 0 Å². The molecule has 0 aliphatic rings. The highest BCUT2D eigenvalue weighted by molar-refractivity contribution is 5.98. The van der Waals surface area contributed by atoms with E-state index in [2.05, 4.69) is 4.74 Å². The van der Waals surface area contributed by atoms with E-state index in [1.807, 2.05) is 0 Å². The van der Waals surface area contributed by atoms with E-state index in [-0.39, 0.29) is 5.56 Å². The molecule has 0 aliphatic carbocycles. The van der Waals surface area contributed by atoms with Crippen LogP contribution < -0.4 is 0 Å². The third kappa shape index (κ3) is 4.63. The number of esters is 2. The first-order valence-electron chi connectivity index (χ1n) is 5.82. The maximum Gasteiger partial charge on any atom is 0.345 e. The molecule has 0 saturated heterocycles. The zero-order valence-electron chi connectivity index (χ0n) is 11.0. The number of hydrogen-bond acceptors (Lipinski definition) is 6. The summed E-state index contributed by atoms with van der Waals surface area (Å²) in [6, 6.07) is 4.18. The van der Waals surface area contributed by atoms with Crippen LogP contribution in [0.25, 0.3) is 0 Å². The lowest BCUT2D eigenvalue weighted by Crippen LogP contribution is -2.43. The van der Waals surface area contributed by atoms with Crippen LogP contribution in [0.3, 0.4) is 0 Å². The van der Waals surface area contributed by atoms with Crippen molar-refractivity contribution in [2.45, 2.75) is 18.4 Å². The summed E-state index contributed by atoms with van der Waals surface area (Å²) in [6.45, 7) is 0. The average Bonchev–Trinajstić information content (AvgIpc) is 2.37. The van der Waals surface area contributed by atoms with E-state index >= 15 is 0 Å². The van der Waals surface area contributed by atoms with Crippen molar-refractivity contribution in [1.29, 1.82) is 0 Å². The maximum absolute atomic E-state index is 12.9. The van der Waals surface area contributed by atoms with Crippen molar-refractivity contribution in [2.24, 2.45) is 0 Å². The molecule has 0 saturated carbocycles. The molecule has 0 bridgehead atoms. The fraction of sp³-hybridized carbons (Fsp3) is 0.231. The van der Waals surface area contributed by atoms with Crippen LogP contribution in [-0.4, -0.2) is 44.8 Å². The van der Waals surface area contributed by atoms with Crippen LogP contribution in [0.1, 0.15) is 23.2 Å². The number of carbonyl (C=O) groups is 4. The van der Waals surface area contributed by atoms with E-state index in [1.54, 1.807) is 0 Å². The van der Waals surface area contributed by atoms with Crippen LogP contribution in [0.5, 0.6) is 0 Å². The number of halogens is 1. The smallest absolute Gasteiger partial charge is 0.345 e. The highest BCUT2D eigenvalue weighted by Gasteiger charge is 2.41. The molecular formula is C13H11FO8. The molecule has 0 aromatic heterocycles. The molecule has 1 aromatic carbocycles. The Hall–Kier alpha value is -2.81. The van der Waals surface area contributed by atoms with Gasteiger partial charge in [0.25, 0.3) is 0 Å². The molecule has 8 nitrogen and oxygen atoms in total. The van der Waals surface area contributed by atoms with Gasteiger partial charge >= 0.3 is 23.9 Å². The summed E-state index contributed by atoms with van der Waals surface area (Å²) in [5.41, 5.74) is -3.21. The fourth-order valence-electron chi connectivity index (χ4n) is 1.52. The average molecular weight is 314 g/mol. The van der Waals surface area contributed by atoms with Crippen LogP contribution in [0, 0.1) is 5.82 Å². The number of carbonyl (C=O) groups excluding carboxylic acids is 2. The Morgan fingerprint density at radius 1 is 1.14 bits per heavy atom. The number of carboxylic acid groups (broad SMARTS) is 2. The molecule has 1 unspecified atom stereocenters. The summed E-state index contributed by atoms with van der Waals surface area (Å²) in [5, 5.41) is 26.9. The lowest BCUT2D eigenvalue weighted by atomic mass is 9.96. The molecule has 1 aromatic rings. The van der Waals surface area contributed by atoms with Gasteiger partial charge in [0, 0.05) is 0 Å². The number of aliphatic carboxylic acids is 2. The molecule has 9 heteroatoms. The van der Waals surface area contributed by atoms with Gasteiger partial charge in [0.2, 0.25) is 0 Å². The van der Waals surface area contributed by atoms with Gasteiger partial charge in [0.15, 0.2) is 5.60 Å². The summed E-state index contributed by atoms with van der Waals surface area (Å²) in [4.78, 5) is 44.3. The Morgan fingerprint density at radius 3 is 2.27 bits per heavy atom. The lowest BCUT2D eigenvalue weighted by Gasteiger charge is -2.19. The van der Waals surface area contributed by atoms with Crippen molar-refractivity contribution in [2.75, 3.05) is 0 Å². The number of hydrogen-bond donors (Lipinski definition) is 3. The Balaban J connectivity index is 2.78. The molecule has 3 N–H and O–H groups in total. The highest BCUT2D eigenvalue weighted by Crippen LogP contribution is 2.17. The minimum absolute atomic E-state index is 0.301. The molecule has 0 radical (unpaired) electrons. The van der Waals surface area contributed by atoms with Gasteiger partial charge < -0.3 is 20.1 Å². The van der Waals surface area contributed by atoms with E-state index in [1.165, 1.54) is 6.07 Å². The molecular weight excluding hydrogens is 303 g/mol. The predicted octanol–water partition coefficient (Wildman–Crippen LogP) is 0.190. The summed E-state index contributed by atoms with van der Waals surface area (Å²) in [7, 11) is 0. The SMILES string of the molecule is O=C(O)CC(O)(CC(=O)OC(=O)c1cccc(F)c1)C(=O)O.